The molecule has 0 amide bonds. The van der Waals surface area contributed by atoms with E-state index in [1.807, 2.05) is 6.92 Å². The molecule has 0 spiro atoms. The summed E-state index contributed by atoms with van der Waals surface area (Å²) in [7, 11) is 0. The van der Waals surface area contributed by atoms with Crippen LogP contribution in [-0.4, -0.2) is 15.2 Å². The number of rotatable bonds is 3. The third kappa shape index (κ3) is 2.28. The summed E-state index contributed by atoms with van der Waals surface area (Å²) in [4.78, 5) is 6.95. The van der Waals surface area contributed by atoms with Crippen molar-refractivity contribution in [2.75, 3.05) is 0 Å². The van der Waals surface area contributed by atoms with E-state index in [1.165, 1.54) is 11.8 Å². The van der Waals surface area contributed by atoms with E-state index in [-0.39, 0.29) is 5.25 Å². The van der Waals surface area contributed by atoms with E-state index in [1.54, 1.807) is 12.4 Å². The zero-order valence-electron chi connectivity index (χ0n) is 6.24. The van der Waals surface area contributed by atoms with Crippen molar-refractivity contribution >= 4 is 11.8 Å². The van der Waals surface area contributed by atoms with E-state index in [4.69, 9.17) is 5.26 Å². The first-order chi connectivity index (χ1) is 5.36. The van der Waals surface area contributed by atoms with Crippen molar-refractivity contribution in [1.29, 1.82) is 5.26 Å². The number of nitrogens with one attached hydrogen (secondary N) is 1. The fourth-order valence-electron chi connectivity index (χ4n) is 0.651. The minimum absolute atomic E-state index is 0.0150. The highest BCUT2D eigenvalue weighted by molar-refractivity contribution is 8.00. The van der Waals surface area contributed by atoms with Crippen LogP contribution in [0.2, 0.25) is 0 Å². The Morgan fingerprint density at radius 1 is 1.91 bits per heavy atom. The van der Waals surface area contributed by atoms with Gasteiger partial charge in [-0.2, -0.15) is 5.26 Å². The topological polar surface area (TPSA) is 52.5 Å². The summed E-state index contributed by atoms with van der Waals surface area (Å²) in [6, 6.07) is 2.19. The van der Waals surface area contributed by atoms with Gasteiger partial charge in [-0.05, 0) is 6.42 Å². The molecule has 1 aromatic rings. The van der Waals surface area contributed by atoms with Crippen LogP contribution in [0.3, 0.4) is 0 Å². The van der Waals surface area contributed by atoms with Crippen LogP contribution in [0.5, 0.6) is 0 Å². The summed E-state index contributed by atoms with van der Waals surface area (Å²) >= 11 is 1.47. The summed E-state index contributed by atoms with van der Waals surface area (Å²) < 4.78 is 0. The highest BCUT2D eigenvalue weighted by atomic mass is 32.2. The third-order valence-electron chi connectivity index (χ3n) is 1.24. The Kier molecular flexibility index (Phi) is 2.99. The Hall–Kier alpha value is -0.950. The second kappa shape index (κ2) is 4.04. The number of hydrogen-bond donors (Lipinski definition) is 1. The Morgan fingerprint density at radius 3 is 3.18 bits per heavy atom. The number of hydrogen-bond acceptors (Lipinski definition) is 3. The summed E-state index contributed by atoms with van der Waals surface area (Å²) in [5, 5.41) is 9.45. The van der Waals surface area contributed by atoms with Gasteiger partial charge in [0.2, 0.25) is 0 Å². The molecule has 0 aliphatic heterocycles. The Bertz CT molecular complexity index is 237. The van der Waals surface area contributed by atoms with Gasteiger partial charge in [0, 0.05) is 12.4 Å². The Balaban J connectivity index is 2.49. The first-order valence-electron chi connectivity index (χ1n) is 3.42. The standard InChI is InChI=1S/C7H9N3S/c1-2-6(5-8)11-7-9-3-4-10-7/h3-4,6H,2H2,1H3,(H,9,10). The molecule has 0 saturated heterocycles. The number of H-pyrrole nitrogens is 1. The number of nitriles is 1. The lowest BCUT2D eigenvalue weighted by Gasteiger charge is -2.00. The van der Waals surface area contributed by atoms with Gasteiger partial charge in [0.15, 0.2) is 5.16 Å². The van der Waals surface area contributed by atoms with Crippen molar-refractivity contribution < 1.29 is 0 Å². The van der Waals surface area contributed by atoms with Gasteiger partial charge in [-0.3, -0.25) is 0 Å². The minimum atomic E-state index is 0.0150. The smallest absolute Gasteiger partial charge is 0.166 e. The van der Waals surface area contributed by atoms with E-state index in [0.29, 0.717) is 0 Å². The first-order valence-corrected chi connectivity index (χ1v) is 4.30. The molecule has 0 bridgehead atoms. The Morgan fingerprint density at radius 2 is 2.73 bits per heavy atom. The highest BCUT2D eigenvalue weighted by Gasteiger charge is 2.06. The lowest BCUT2D eigenvalue weighted by molar-refractivity contribution is 0.966. The average Bonchev–Trinajstić information content (AvgIpc) is 2.52. The lowest BCUT2D eigenvalue weighted by atomic mass is 10.4. The molecule has 58 valence electrons. The molecule has 0 saturated carbocycles. The molecule has 1 aromatic heterocycles. The van der Waals surface area contributed by atoms with Crippen LogP contribution in [0, 0.1) is 11.3 Å². The zero-order valence-corrected chi connectivity index (χ0v) is 7.06. The maximum Gasteiger partial charge on any atom is 0.166 e. The van der Waals surface area contributed by atoms with E-state index >= 15 is 0 Å². The van der Waals surface area contributed by atoms with Crippen molar-refractivity contribution in [2.45, 2.75) is 23.8 Å². The maximum absolute atomic E-state index is 8.61. The number of thioether (sulfide) groups is 1. The van der Waals surface area contributed by atoms with Gasteiger partial charge in [-0.15, -0.1) is 0 Å². The van der Waals surface area contributed by atoms with Crippen LogP contribution in [-0.2, 0) is 0 Å². The van der Waals surface area contributed by atoms with E-state index in [2.05, 4.69) is 16.0 Å². The average molecular weight is 167 g/mol. The van der Waals surface area contributed by atoms with Gasteiger partial charge in [0.1, 0.15) is 0 Å². The maximum atomic E-state index is 8.61. The van der Waals surface area contributed by atoms with Gasteiger partial charge in [0.05, 0.1) is 11.3 Å². The number of aromatic nitrogens is 2. The normalized spacial score (nSPS) is 12.4. The molecule has 0 aliphatic carbocycles. The molecule has 11 heavy (non-hydrogen) atoms. The van der Waals surface area contributed by atoms with Gasteiger partial charge in [-0.1, -0.05) is 18.7 Å². The molecular weight excluding hydrogens is 158 g/mol. The molecule has 0 radical (unpaired) electrons. The lowest BCUT2D eigenvalue weighted by Crippen LogP contribution is -1.95. The SMILES string of the molecule is CCC(C#N)Sc1ncc[nH]1. The summed E-state index contributed by atoms with van der Waals surface area (Å²) in [6.45, 7) is 1.99. The van der Waals surface area contributed by atoms with Crippen molar-refractivity contribution in [3.63, 3.8) is 0 Å². The zero-order chi connectivity index (χ0) is 8.10. The van der Waals surface area contributed by atoms with E-state index in [0.717, 1.165) is 11.6 Å². The fourth-order valence-corrected chi connectivity index (χ4v) is 1.40. The van der Waals surface area contributed by atoms with Crippen LogP contribution in [0.1, 0.15) is 13.3 Å². The largest absolute Gasteiger partial charge is 0.340 e. The summed E-state index contributed by atoms with van der Waals surface area (Å²) in [5.74, 6) is 0. The number of imidazole rings is 1. The third-order valence-corrected chi connectivity index (χ3v) is 2.41. The molecule has 4 heteroatoms. The molecule has 1 unspecified atom stereocenters. The second-order valence-electron chi connectivity index (χ2n) is 2.04. The highest BCUT2D eigenvalue weighted by Crippen LogP contribution is 2.20. The van der Waals surface area contributed by atoms with Crippen LogP contribution in [0.25, 0.3) is 0 Å². The quantitative estimate of drug-likeness (QED) is 0.698. The molecule has 1 rings (SSSR count). The van der Waals surface area contributed by atoms with Crippen molar-refractivity contribution in [2.24, 2.45) is 0 Å². The van der Waals surface area contributed by atoms with Crippen molar-refractivity contribution in [1.82, 2.24) is 9.97 Å². The van der Waals surface area contributed by atoms with Crippen molar-refractivity contribution in [3.8, 4) is 6.07 Å². The molecule has 0 fully saturated rings. The summed E-state index contributed by atoms with van der Waals surface area (Å²) in [6.07, 6.45) is 4.29. The molecule has 3 nitrogen and oxygen atoms in total. The second-order valence-corrected chi connectivity index (χ2v) is 3.23. The van der Waals surface area contributed by atoms with Gasteiger partial charge in [-0.25, -0.2) is 4.98 Å². The fraction of sp³-hybridized carbons (Fsp3) is 0.429. The first kappa shape index (κ1) is 8.15. The Labute approximate surface area is 69.8 Å². The molecule has 1 N–H and O–H groups in total. The predicted octanol–water partition coefficient (Wildman–Crippen LogP) is 1.80. The van der Waals surface area contributed by atoms with Gasteiger partial charge >= 0.3 is 0 Å². The summed E-state index contributed by atoms with van der Waals surface area (Å²) in [5.41, 5.74) is 0. The molecule has 0 aliphatic rings. The predicted molar refractivity (Wildman–Crippen MR) is 44.1 cm³/mol. The van der Waals surface area contributed by atoms with Crippen LogP contribution in [0.15, 0.2) is 17.6 Å². The number of nitrogens with zero attached hydrogens (tertiary/aromatic N) is 2. The van der Waals surface area contributed by atoms with Gasteiger partial charge in [0.25, 0.3) is 0 Å². The van der Waals surface area contributed by atoms with Crippen molar-refractivity contribution in [3.05, 3.63) is 12.4 Å². The van der Waals surface area contributed by atoms with Gasteiger partial charge < -0.3 is 4.98 Å². The van der Waals surface area contributed by atoms with E-state index < -0.39 is 0 Å². The molecule has 0 aromatic carbocycles. The van der Waals surface area contributed by atoms with Crippen LogP contribution >= 0.6 is 11.8 Å². The molecule has 1 heterocycles. The minimum Gasteiger partial charge on any atom is -0.340 e. The molecular formula is C7H9N3S. The molecule has 1 atom stereocenters. The van der Waals surface area contributed by atoms with E-state index in [9.17, 15) is 0 Å². The van der Waals surface area contributed by atoms with Crippen LogP contribution < -0.4 is 0 Å². The number of aromatic amines is 1. The van der Waals surface area contributed by atoms with Crippen LogP contribution in [0.4, 0.5) is 0 Å². The monoisotopic (exact) mass is 167 g/mol.